The number of halogens is 1. The van der Waals surface area contributed by atoms with E-state index < -0.39 is 0 Å². The molecule has 1 aromatic heterocycles. The Bertz CT molecular complexity index is 1110. The highest BCUT2D eigenvalue weighted by atomic mass is 35.5. The van der Waals surface area contributed by atoms with Crippen molar-refractivity contribution in [2.75, 3.05) is 0 Å². The van der Waals surface area contributed by atoms with Crippen molar-refractivity contribution < 1.29 is 0 Å². The van der Waals surface area contributed by atoms with Gasteiger partial charge in [0.2, 0.25) is 0 Å². The largest absolute Gasteiger partial charge is 0.248 e. The molecule has 0 bridgehead atoms. The minimum atomic E-state index is 0.617. The summed E-state index contributed by atoms with van der Waals surface area (Å²) in [5, 5.41) is 10.9. The molecule has 0 unspecified atom stereocenters. The lowest BCUT2D eigenvalue weighted by Crippen LogP contribution is -1.90. The Morgan fingerprint density at radius 1 is 0.800 bits per heavy atom. The molecule has 0 aliphatic heterocycles. The van der Waals surface area contributed by atoms with Crippen LogP contribution in [0.1, 0.15) is 5.56 Å². The Hall–Kier alpha value is -3.15. The fourth-order valence-corrected chi connectivity index (χ4v) is 3.12. The maximum atomic E-state index is 9.16. The van der Waals surface area contributed by atoms with Gasteiger partial charge in [0.15, 0.2) is 0 Å². The van der Waals surface area contributed by atoms with Crippen LogP contribution in [0.4, 0.5) is 0 Å². The highest BCUT2D eigenvalue weighted by Crippen LogP contribution is 2.33. The summed E-state index contributed by atoms with van der Waals surface area (Å²) in [4.78, 5) is 4.77. The van der Waals surface area contributed by atoms with Crippen LogP contribution in [0.2, 0.25) is 5.02 Å². The topological polar surface area (TPSA) is 36.7 Å². The monoisotopic (exact) mass is 340 g/mol. The van der Waals surface area contributed by atoms with E-state index in [0.29, 0.717) is 10.6 Å². The number of aromatic nitrogens is 1. The van der Waals surface area contributed by atoms with Gasteiger partial charge in [0.25, 0.3) is 0 Å². The first-order chi connectivity index (χ1) is 12.2. The summed E-state index contributed by atoms with van der Waals surface area (Å²) in [7, 11) is 0. The van der Waals surface area contributed by atoms with E-state index in [0.717, 1.165) is 33.3 Å². The number of hydrogen-bond acceptors (Lipinski definition) is 2. The first-order valence-electron chi connectivity index (χ1n) is 7.91. The molecule has 3 heteroatoms. The summed E-state index contributed by atoms with van der Waals surface area (Å²) in [5.74, 6) is 0. The molecule has 25 heavy (non-hydrogen) atoms. The highest BCUT2D eigenvalue weighted by molar-refractivity contribution is 6.31. The van der Waals surface area contributed by atoms with Crippen molar-refractivity contribution in [2.45, 2.75) is 0 Å². The highest BCUT2D eigenvalue weighted by Gasteiger charge is 2.10. The third-order valence-electron chi connectivity index (χ3n) is 4.14. The first-order valence-corrected chi connectivity index (χ1v) is 8.29. The zero-order valence-corrected chi connectivity index (χ0v) is 14.0. The zero-order chi connectivity index (χ0) is 17.2. The van der Waals surface area contributed by atoms with Crippen LogP contribution in [0.5, 0.6) is 0 Å². The Balaban J connectivity index is 2.02. The van der Waals surface area contributed by atoms with Crippen LogP contribution in [-0.2, 0) is 0 Å². The first kappa shape index (κ1) is 15.4. The third-order valence-corrected chi connectivity index (χ3v) is 4.38. The molecule has 0 aliphatic rings. The molecule has 4 aromatic rings. The van der Waals surface area contributed by atoms with Gasteiger partial charge in [0, 0.05) is 16.0 Å². The molecule has 0 atom stereocenters. The second-order valence-electron chi connectivity index (χ2n) is 5.78. The molecule has 0 aliphatic carbocycles. The standard InChI is InChI=1S/C22H13ClN2/c23-18-9-10-19-20(16-6-2-1-3-7-16)13-21(25-22(19)12-18)17-8-4-5-15(11-17)14-24/h1-13H. The SMILES string of the molecule is N#Cc1cccc(-c2cc(-c3ccccc3)c3ccc(Cl)cc3n2)c1. The van der Waals surface area contributed by atoms with Crippen molar-refractivity contribution in [2.24, 2.45) is 0 Å². The molecule has 0 saturated carbocycles. The number of fused-ring (bicyclic) bond motifs is 1. The van der Waals surface area contributed by atoms with E-state index in [-0.39, 0.29) is 0 Å². The van der Waals surface area contributed by atoms with Gasteiger partial charge in [-0.1, -0.05) is 60.1 Å². The smallest absolute Gasteiger partial charge is 0.0991 e. The Morgan fingerprint density at radius 2 is 1.60 bits per heavy atom. The molecule has 0 radical (unpaired) electrons. The second kappa shape index (κ2) is 6.39. The van der Waals surface area contributed by atoms with E-state index in [1.54, 1.807) is 6.07 Å². The van der Waals surface area contributed by atoms with Crippen LogP contribution in [0.25, 0.3) is 33.3 Å². The lowest BCUT2D eigenvalue weighted by molar-refractivity contribution is 1.39. The molecule has 0 N–H and O–H groups in total. The van der Waals surface area contributed by atoms with E-state index in [1.165, 1.54) is 0 Å². The van der Waals surface area contributed by atoms with E-state index in [1.807, 2.05) is 54.6 Å². The van der Waals surface area contributed by atoms with Crippen LogP contribution < -0.4 is 0 Å². The van der Waals surface area contributed by atoms with Gasteiger partial charge in [-0.25, -0.2) is 4.98 Å². The number of hydrogen-bond donors (Lipinski definition) is 0. The molecule has 3 aromatic carbocycles. The number of benzene rings is 3. The van der Waals surface area contributed by atoms with Crippen LogP contribution in [0.15, 0.2) is 78.9 Å². The lowest BCUT2D eigenvalue weighted by Gasteiger charge is -2.11. The van der Waals surface area contributed by atoms with E-state index >= 15 is 0 Å². The summed E-state index contributed by atoms with van der Waals surface area (Å²) in [6.45, 7) is 0. The van der Waals surface area contributed by atoms with Crippen LogP contribution in [0, 0.1) is 11.3 Å². The van der Waals surface area contributed by atoms with Crippen molar-refractivity contribution in [3.8, 4) is 28.5 Å². The Kier molecular flexibility index (Phi) is 3.93. The molecule has 4 rings (SSSR count). The summed E-state index contributed by atoms with van der Waals surface area (Å²) in [5.41, 5.74) is 5.41. The van der Waals surface area contributed by atoms with Crippen LogP contribution in [0.3, 0.4) is 0 Å². The summed E-state index contributed by atoms with van der Waals surface area (Å²) in [6.07, 6.45) is 0. The van der Waals surface area contributed by atoms with Gasteiger partial charge in [-0.3, -0.25) is 0 Å². The maximum Gasteiger partial charge on any atom is 0.0991 e. The molecule has 118 valence electrons. The van der Waals surface area contributed by atoms with Gasteiger partial charge in [-0.15, -0.1) is 0 Å². The average Bonchev–Trinajstić information content (AvgIpc) is 2.67. The maximum absolute atomic E-state index is 9.16. The normalized spacial score (nSPS) is 10.6. The quantitative estimate of drug-likeness (QED) is 0.442. The minimum Gasteiger partial charge on any atom is -0.248 e. The Morgan fingerprint density at radius 3 is 2.40 bits per heavy atom. The van der Waals surface area contributed by atoms with Crippen molar-refractivity contribution in [3.05, 3.63) is 89.4 Å². The summed E-state index contributed by atoms with van der Waals surface area (Å²) < 4.78 is 0. The van der Waals surface area contributed by atoms with E-state index in [4.69, 9.17) is 21.8 Å². The molecule has 1 heterocycles. The van der Waals surface area contributed by atoms with Gasteiger partial charge in [-0.05, 0) is 41.5 Å². The Labute approximate surface area is 151 Å². The summed E-state index contributed by atoms with van der Waals surface area (Å²) in [6, 6.07) is 27.7. The predicted molar refractivity (Wildman–Crippen MR) is 102 cm³/mol. The van der Waals surface area contributed by atoms with Crippen molar-refractivity contribution >= 4 is 22.5 Å². The van der Waals surface area contributed by atoms with Crippen LogP contribution in [-0.4, -0.2) is 4.98 Å². The van der Waals surface area contributed by atoms with Crippen LogP contribution >= 0.6 is 11.6 Å². The minimum absolute atomic E-state index is 0.617. The average molecular weight is 341 g/mol. The predicted octanol–water partition coefficient (Wildman–Crippen LogP) is 6.09. The van der Waals surface area contributed by atoms with E-state index in [2.05, 4.69) is 24.3 Å². The molecule has 0 fully saturated rings. The van der Waals surface area contributed by atoms with Gasteiger partial charge >= 0.3 is 0 Å². The lowest BCUT2D eigenvalue weighted by atomic mass is 9.98. The van der Waals surface area contributed by atoms with Crippen molar-refractivity contribution in [1.29, 1.82) is 5.26 Å². The molecule has 2 nitrogen and oxygen atoms in total. The fraction of sp³-hybridized carbons (Fsp3) is 0. The van der Waals surface area contributed by atoms with Crippen molar-refractivity contribution in [1.82, 2.24) is 4.98 Å². The van der Waals surface area contributed by atoms with E-state index in [9.17, 15) is 0 Å². The number of nitriles is 1. The molecular formula is C22H13ClN2. The molecular weight excluding hydrogens is 328 g/mol. The number of nitrogens with zero attached hydrogens (tertiary/aromatic N) is 2. The molecule has 0 saturated heterocycles. The van der Waals surface area contributed by atoms with Crippen molar-refractivity contribution in [3.63, 3.8) is 0 Å². The van der Waals surface area contributed by atoms with Gasteiger partial charge in [0.1, 0.15) is 0 Å². The molecule has 0 spiro atoms. The van der Waals surface area contributed by atoms with Gasteiger partial charge < -0.3 is 0 Å². The van der Waals surface area contributed by atoms with Gasteiger partial charge in [-0.2, -0.15) is 5.26 Å². The third kappa shape index (κ3) is 2.98. The number of rotatable bonds is 2. The molecule has 0 amide bonds. The van der Waals surface area contributed by atoms with Gasteiger partial charge in [0.05, 0.1) is 22.8 Å². The summed E-state index contributed by atoms with van der Waals surface area (Å²) >= 11 is 6.18. The second-order valence-corrected chi connectivity index (χ2v) is 6.21. The zero-order valence-electron chi connectivity index (χ0n) is 13.3. The number of pyridine rings is 1. The fourth-order valence-electron chi connectivity index (χ4n) is 2.95.